The zero-order valence-corrected chi connectivity index (χ0v) is 11.8. The summed E-state index contributed by atoms with van der Waals surface area (Å²) in [4.78, 5) is 0. The van der Waals surface area contributed by atoms with E-state index in [0.717, 1.165) is 29.9 Å². The molecule has 1 aliphatic heterocycles. The van der Waals surface area contributed by atoms with Crippen molar-refractivity contribution >= 4 is 5.70 Å². The first-order chi connectivity index (χ1) is 8.99. The topological polar surface area (TPSA) is 24.1 Å². The zero-order valence-electron chi connectivity index (χ0n) is 11.8. The molecule has 0 spiro atoms. The third-order valence-corrected chi connectivity index (χ3v) is 3.62. The first-order valence-corrected chi connectivity index (χ1v) is 6.64. The van der Waals surface area contributed by atoms with Gasteiger partial charge in [-0.05, 0) is 37.8 Å². The molecule has 0 radical (unpaired) electrons. The molecule has 1 saturated heterocycles. The molecule has 2 rings (SSSR count). The summed E-state index contributed by atoms with van der Waals surface area (Å²) in [6.07, 6.45) is 1.98. The van der Waals surface area contributed by atoms with Gasteiger partial charge in [0, 0.05) is 22.7 Å². The molecule has 0 bridgehead atoms. The predicted molar refractivity (Wildman–Crippen MR) is 82.5 cm³/mol. The molecule has 1 aromatic rings. The van der Waals surface area contributed by atoms with E-state index in [1.54, 1.807) is 0 Å². The Morgan fingerprint density at radius 3 is 2.47 bits per heavy atom. The number of hydrogen-bond acceptors (Lipinski definition) is 2. The van der Waals surface area contributed by atoms with Crippen LogP contribution < -0.4 is 10.6 Å². The Kier molecular flexibility index (Phi) is 3.79. The Bertz CT molecular complexity index is 520. The molecule has 100 valence electrons. The van der Waals surface area contributed by atoms with E-state index in [1.165, 1.54) is 16.7 Å². The van der Waals surface area contributed by atoms with Crippen LogP contribution >= 0.6 is 0 Å². The van der Waals surface area contributed by atoms with Crippen LogP contribution in [0.3, 0.4) is 0 Å². The van der Waals surface area contributed by atoms with Gasteiger partial charge < -0.3 is 10.6 Å². The maximum absolute atomic E-state index is 4.19. The number of benzene rings is 1. The summed E-state index contributed by atoms with van der Waals surface area (Å²) in [6.45, 7) is 16.4. The molecule has 2 heteroatoms. The quantitative estimate of drug-likeness (QED) is 0.860. The van der Waals surface area contributed by atoms with Crippen LogP contribution in [0, 0.1) is 13.8 Å². The fraction of sp³-hybridized carbons (Fsp3) is 0.294. The molecule has 1 fully saturated rings. The number of hydrogen-bond donors (Lipinski definition) is 2. The highest BCUT2D eigenvalue weighted by molar-refractivity contribution is 5.68. The van der Waals surface area contributed by atoms with Gasteiger partial charge in [-0.25, -0.2) is 0 Å². The first kappa shape index (κ1) is 13.5. The van der Waals surface area contributed by atoms with Gasteiger partial charge in [0.1, 0.15) is 0 Å². The van der Waals surface area contributed by atoms with Crippen molar-refractivity contribution in [2.24, 2.45) is 0 Å². The van der Waals surface area contributed by atoms with E-state index < -0.39 is 0 Å². The second-order valence-electron chi connectivity index (χ2n) is 5.23. The average Bonchev–Trinajstić information content (AvgIpc) is 2.32. The lowest BCUT2D eigenvalue weighted by Gasteiger charge is -2.30. The van der Waals surface area contributed by atoms with E-state index >= 15 is 0 Å². The predicted octanol–water partition coefficient (Wildman–Crippen LogP) is 3.64. The number of rotatable bonds is 3. The number of piperidine rings is 1. The van der Waals surface area contributed by atoms with Crippen LogP contribution in [0.25, 0.3) is 5.70 Å². The fourth-order valence-corrected chi connectivity index (χ4v) is 2.60. The largest absolute Gasteiger partial charge is 0.377 e. The van der Waals surface area contributed by atoms with Gasteiger partial charge in [0.15, 0.2) is 0 Å². The van der Waals surface area contributed by atoms with Gasteiger partial charge in [-0.2, -0.15) is 0 Å². The fourth-order valence-electron chi connectivity index (χ4n) is 2.60. The van der Waals surface area contributed by atoms with Crippen molar-refractivity contribution in [3.05, 3.63) is 66.0 Å². The number of allylic oxidation sites excluding steroid dienone is 1. The molecule has 1 heterocycles. The molecule has 1 aliphatic rings. The highest BCUT2D eigenvalue weighted by Crippen LogP contribution is 2.23. The summed E-state index contributed by atoms with van der Waals surface area (Å²) < 4.78 is 0. The smallest absolute Gasteiger partial charge is 0.0660 e. The van der Waals surface area contributed by atoms with E-state index in [0.29, 0.717) is 0 Å². The van der Waals surface area contributed by atoms with Crippen LogP contribution in [0.2, 0.25) is 0 Å². The van der Waals surface area contributed by atoms with E-state index in [-0.39, 0.29) is 6.04 Å². The van der Waals surface area contributed by atoms with Crippen molar-refractivity contribution < 1.29 is 0 Å². The normalized spacial score (nSPS) is 18.9. The SMILES string of the molecule is C=C1CCC(NC(=C)c2c(C)cccc2C)C(=C)N1. The second-order valence-corrected chi connectivity index (χ2v) is 5.23. The molecule has 19 heavy (non-hydrogen) atoms. The second kappa shape index (κ2) is 5.35. The molecule has 0 aliphatic carbocycles. The Hall–Kier alpha value is -1.96. The van der Waals surface area contributed by atoms with Gasteiger partial charge in [-0.3, -0.25) is 0 Å². The van der Waals surface area contributed by atoms with Crippen LogP contribution in [0.15, 0.2) is 49.3 Å². The van der Waals surface area contributed by atoms with Gasteiger partial charge in [0.25, 0.3) is 0 Å². The Labute approximate surface area is 115 Å². The summed E-state index contributed by atoms with van der Waals surface area (Å²) in [6, 6.07) is 6.53. The maximum Gasteiger partial charge on any atom is 0.0660 e. The minimum absolute atomic E-state index is 0.219. The van der Waals surface area contributed by atoms with Crippen molar-refractivity contribution in [3.63, 3.8) is 0 Å². The summed E-state index contributed by atoms with van der Waals surface area (Å²) in [7, 11) is 0. The van der Waals surface area contributed by atoms with E-state index in [1.807, 2.05) is 0 Å². The Morgan fingerprint density at radius 2 is 1.89 bits per heavy atom. The highest BCUT2D eigenvalue weighted by atomic mass is 15.0. The highest BCUT2D eigenvalue weighted by Gasteiger charge is 2.20. The molecule has 1 atom stereocenters. The summed E-state index contributed by atoms with van der Waals surface area (Å²) in [5.41, 5.74) is 6.69. The van der Waals surface area contributed by atoms with E-state index in [2.05, 4.69) is 62.4 Å². The van der Waals surface area contributed by atoms with Crippen molar-refractivity contribution in [2.75, 3.05) is 0 Å². The minimum atomic E-state index is 0.219. The van der Waals surface area contributed by atoms with Crippen LogP contribution in [-0.2, 0) is 0 Å². The summed E-state index contributed by atoms with van der Waals surface area (Å²) in [5, 5.41) is 6.71. The van der Waals surface area contributed by atoms with Gasteiger partial charge in [0.05, 0.1) is 6.04 Å². The third-order valence-electron chi connectivity index (χ3n) is 3.62. The van der Waals surface area contributed by atoms with Gasteiger partial charge >= 0.3 is 0 Å². The van der Waals surface area contributed by atoms with E-state index in [9.17, 15) is 0 Å². The van der Waals surface area contributed by atoms with Gasteiger partial charge in [-0.15, -0.1) is 0 Å². The van der Waals surface area contributed by atoms with Crippen molar-refractivity contribution in [1.29, 1.82) is 0 Å². The van der Waals surface area contributed by atoms with Crippen LogP contribution in [0.5, 0.6) is 0 Å². The van der Waals surface area contributed by atoms with Crippen LogP contribution in [0.4, 0.5) is 0 Å². The molecule has 0 saturated carbocycles. The number of aryl methyl sites for hydroxylation is 2. The first-order valence-electron chi connectivity index (χ1n) is 6.64. The molecule has 2 nitrogen and oxygen atoms in total. The van der Waals surface area contributed by atoms with Crippen molar-refractivity contribution in [1.82, 2.24) is 10.6 Å². The average molecular weight is 254 g/mol. The monoisotopic (exact) mass is 254 g/mol. The minimum Gasteiger partial charge on any atom is -0.377 e. The van der Waals surface area contributed by atoms with Gasteiger partial charge in [0.2, 0.25) is 0 Å². The van der Waals surface area contributed by atoms with Crippen molar-refractivity contribution in [3.8, 4) is 0 Å². The summed E-state index contributed by atoms with van der Waals surface area (Å²) >= 11 is 0. The maximum atomic E-state index is 4.19. The molecule has 2 N–H and O–H groups in total. The lowest BCUT2D eigenvalue weighted by atomic mass is 9.98. The molecule has 0 aromatic heterocycles. The summed E-state index contributed by atoms with van der Waals surface area (Å²) in [5.74, 6) is 0. The van der Waals surface area contributed by atoms with Crippen molar-refractivity contribution in [2.45, 2.75) is 32.7 Å². The Morgan fingerprint density at radius 1 is 1.26 bits per heavy atom. The molecule has 1 unspecified atom stereocenters. The zero-order chi connectivity index (χ0) is 14.0. The van der Waals surface area contributed by atoms with Gasteiger partial charge in [-0.1, -0.05) is 37.9 Å². The molecular weight excluding hydrogens is 232 g/mol. The van der Waals surface area contributed by atoms with Crippen LogP contribution in [0.1, 0.15) is 29.5 Å². The lowest BCUT2D eigenvalue weighted by Crippen LogP contribution is -2.38. The standard InChI is InChI=1S/C17H22N2/c1-11-7-6-8-12(2)17(11)15(5)19-16-10-9-13(3)18-14(16)4/h6-8,16,18-19H,3-5,9-10H2,1-2H3. The van der Waals surface area contributed by atoms with Crippen LogP contribution in [-0.4, -0.2) is 6.04 Å². The van der Waals surface area contributed by atoms with E-state index in [4.69, 9.17) is 0 Å². The molecule has 1 aromatic carbocycles. The number of nitrogens with one attached hydrogen (secondary N) is 2. The lowest BCUT2D eigenvalue weighted by molar-refractivity contribution is 0.539. The molecular formula is C17H22N2. The Balaban J connectivity index is 2.13. The molecule has 0 amide bonds. The third kappa shape index (κ3) is 2.90.